The number of pyridine rings is 1. The minimum atomic E-state index is -3.50. The molecule has 0 unspecified atom stereocenters. The highest BCUT2D eigenvalue weighted by Gasteiger charge is 2.43. The van der Waals surface area contributed by atoms with Gasteiger partial charge in [0.15, 0.2) is 0 Å². The van der Waals surface area contributed by atoms with Gasteiger partial charge in [-0.25, -0.2) is 13.1 Å². The summed E-state index contributed by atoms with van der Waals surface area (Å²) in [6.45, 7) is 2.63. The molecule has 0 spiro atoms. The van der Waals surface area contributed by atoms with E-state index in [4.69, 9.17) is 0 Å². The van der Waals surface area contributed by atoms with E-state index in [0.717, 1.165) is 25.7 Å². The molecule has 0 bridgehead atoms. The van der Waals surface area contributed by atoms with E-state index < -0.39 is 10.0 Å². The lowest BCUT2D eigenvalue weighted by atomic mass is 10.1. The Morgan fingerprint density at radius 2 is 1.95 bits per heavy atom. The third kappa shape index (κ3) is 2.96. The number of hydrogen-bond donors (Lipinski definition) is 2. The van der Waals surface area contributed by atoms with Gasteiger partial charge in [0.05, 0.1) is 5.69 Å². The molecule has 6 heteroatoms. The molecule has 0 saturated heterocycles. The van der Waals surface area contributed by atoms with Crippen molar-refractivity contribution in [2.24, 2.45) is 11.8 Å². The van der Waals surface area contributed by atoms with Crippen LogP contribution < -0.4 is 10.0 Å². The fourth-order valence-electron chi connectivity index (χ4n) is 2.66. The Bertz CT molecular complexity index is 568. The van der Waals surface area contributed by atoms with Gasteiger partial charge in [0.2, 0.25) is 10.0 Å². The monoisotopic (exact) mass is 295 g/mol. The van der Waals surface area contributed by atoms with Crippen molar-refractivity contribution in [2.45, 2.75) is 43.5 Å². The van der Waals surface area contributed by atoms with Crippen LogP contribution in [-0.2, 0) is 10.0 Å². The largest absolute Gasteiger partial charge is 0.384 e. The number of aromatic nitrogens is 1. The molecule has 0 amide bonds. The van der Waals surface area contributed by atoms with Crippen molar-refractivity contribution in [3.63, 3.8) is 0 Å². The summed E-state index contributed by atoms with van der Waals surface area (Å²) in [6.07, 6.45) is 7.63. The Labute approximate surface area is 120 Å². The van der Waals surface area contributed by atoms with Gasteiger partial charge in [-0.05, 0) is 50.5 Å². The van der Waals surface area contributed by atoms with Crippen LogP contribution in [-0.4, -0.2) is 26.0 Å². The zero-order valence-electron chi connectivity index (χ0n) is 11.7. The van der Waals surface area contributed by atoms with Crippen LogP contribution >= 0.6 is 0 Å². The molecule has 3 rings (SSSR count). The maximum absolute atomic E-state index is 12.6. The van der Waals surface area contributed by atoms with Crippen molar-refractivity contribution in [1.29, 1.82) is 0 Å². The highest BCUT2D eigenvalue weighted by Crippen LogP contribution is 2.45. The van der Waals surface area contributed by atoms with E-state index in [1.807, 2.05) is 6.92 Å². The molecule has 110 valence electrons. The highest BCUT2D eigenvalue weighted by atomic mass is 32.2. The summed E-state index contributed by atoms with van der Waals surface area (Å²) < 4.78 is 28.1. The average Bonchev–Trinajstić information content (AvgIpc) is 3.29. The van der Waals surface area contributed by atoms with E-state index in [1.165, 1.54) is 6.20 Å². The molecule has 0 atom stereocenters. The number of rotatable bonds is 7. The van der Waals surface area contributed by atoms with Crippen LogP contribution in [0.4, 0.5) is 5.69 Å². The maximum atomic E-state index is 12.6. The predicted molar refractivity (Wildman–Crippen MR) is 78.0 cm³/mol. The van der Waals surface area contributed by atoms with Crippen LogP contribution in [0.2, 0.25) is 0 Å². The lowest BCUT2D eigenvalue weighted by molar-refractivity contribution is 0.471. The molecule has 0 radical (unpaired) electrons. The van der Waals surface area contributed by atoms with Crippen LogP contribution in [0.1, 0.15) is 32.6 Å². The van der Waals surface area contributed by atoms with Gasteiger partial charge in [-0.2, -0.15) is 0 Å². The predicted octanol–water partition coefficient (Wildman–Crippen LogP) is 1.98. The topological polar surface area (TPSA) is 71.1 Å². The van der Waals surface area contributed by atoms with E-state index in [0.29, 0.717) is 24.1 Å². The molecule has 5 nitrogen and oxygen atoms in total. The zero-order valence-corrected chi connectivity index (χ0v) is 12.5. The number of hydrogen-bond acceptors (Lipinski definition) is 4. The SMILES string of the molecule is CCNc1ccncc1S(=O)(=O)NC(C1CC1)C1CC1. The van der Waals surface area contributed by atoms with E-state index in [1.54, 1.807) is 12.3 Å². The van der Waals surface area contributed by atoms with Crippen LogP contribution in [0.3, 0.4) is 0 Å². The molecule has 1 heterocycles. The molecule has 2 fully saturated rings. The Balaban J connectivity index is 1.83. The minimum absolute atomic E-state index is 0.120. The van der Waals surface area contributed by atoms with Gasteiger partial charge in [-0.1, -0.05) is 0 Å². The second kappa shape index (κ2) is 5.33. The number of nitrogens with zero attached hydrogens (tertiary/aromatic N) is 1. The standard InChI is InChI=1S/C14H21N3O2S/c1-2-16-12-7-8-15-9-13(12)20(18,19)17-14(10-3-4-10)11-5-6-11/h7-11,14,17H,2-6H2,1H3,(H,15,16). The third-order valence-electron chi connectivity index (χ3n) is 3.99. The quantitative estimate of drug-likeness (QED) is 0.807. The molecule has 1 aromatic rings. The average molecular weight is 295 g/mol. The minimum Gasteiger partial charge on any atom is -0.384 e. The van der Waals surface area contributed by atoms with Gasteiger partial charge >= 0.3 is 0 Å². The Kier molecular flexibility index (Phi) is 3.69. The van der Waals surface area contributed by atoms with Crippen LogP contribution in [0.15, 0.2) is 23.4 Å². The summed E-state index contributed by atoms with van der Waals surface area (Å²) in [6, 6.07) is 1.83. The van der Waals surface area contributed by atoms with Gasteiger partial charge < -0.3 is 5.32 Å². The van der Waals surface area contributed by atoms with E-state index >= 15 is 0 Å². The first-order valence-electron chi connectivity index (χ1n) is 7.32. The number of nitrogens with one attached hydrogen (secondary N) is 2. The lowest BCUT2D eigenvalue weighted by Crippen LogP contribution is -2.38. The van der Waals surface area contributed by atoms with Gasteiger partial charge in [-0.15, -0.1) is 0 Å². The summed E-state index contributed by atoms with van der Waals surface area (Å²) in [5.74, 6) is 1.08. The van der Waals surface area contributed by atoms with Crippen molar-refractivity contribution in [1.82, 2.24) is 9.71 Å². The van der Waals surface area contributed by atoms with Crippen molar-refractivity contribution in [3.05, 3.63) is 18.5 Å². The molecule has 2 saturated carbocycles. The van der Waals surface area contributed by atoms with Crippen LogP contribution in [0, 0.1) is 11.8 Å². The zero-order chi connectivity index (χ0) is 14.2. The van der Waals surface area contributed by atoms with Gasteiger partial charge in [-0.3, -0.25) is 4.98 Å². The van der Waals surface area contributed by atoms with Crippen LogP contribution in [0.25, 0.3) is 0 Å². The smallest absolute Gasteiger partial charge is 0.244 e. The summed E-state index contributed by atoms with van der Waals surface area (Å²) in [5, 5.41) is 3.09. The fraction of sp³-hybridized carbons (Fsp3) is 0.643. The second-order valence-corrected chi connectivity index (χ2v) is 7.41. The first kappa shape index (κ1) is 13.8. The van der Waals surface area contributed by atoms with Crippen molar-refractivity contribution in [3.8, 4) is 0 Å². The Morgan fingerprint density at radius 1 is 1.30 bits per heavy atom. The first-order valence-corrected chi connectivity index (χ1v) is 8.80. The summed E-state index contributed by atoms with van der Waals surface area (Å²) in [5.41, 5.74) is 0.625. The Hall–Kier alpha value is -1.14. The molecular weight excluding hydrogens is 274 g/mol. The summed E-state index contributed by atoms with van der Waals surface area (Å²) in [7, 11) is -3.50. The molecular formula is C14H21N3O2S. The van der Waals surface area contributed by atoms with Crippen molar-refractivity contribution >= 4 is 15.7 Å². The fourth-order valence-corrected chi connectivity index (χ4v) is 4.16. The van der Waals surface area contributed by atoms with E-state index in [2.05, 4.69) is 15.0 Å². The molecule has 2 aliphatic rings. The normalized spacial score (nSPS) is 19.3. The van der Waals surface area contributed by atoms with Crippen LogP contribution in [0.5, 0.6) is 0 Å². The first-order chi connectivity index (χ1) is 9.62. The molecule has 1 aromatic heterocycles. The molecule has 2 N–H and O–H groups in total. The number of anilines is 1. The van der Waals surface area contributed by atoms with Gasteiger partial charge in [0.1, 0.15) is 4.90 Å². The Morgan fingerprint density at radius 3 is 2.50 bits per heavy atom. The molecule has 0 aliphatic heterocycles. The maximum Gasteiger partial charge on any atom is 0.244 e. The number of sulfonamides is 1. The second-order valence-electron chi connectivity index (χ2n) is 5.72. The van der Waals surface area contributed by atoms with Gasteiger partial charge in [0, 0.05) is 25.0 Å². The van der Waals surface area contributed by atoms with E-state index in [-0.39, 0.29) is 10.9 Å². The third-order valence-corrected chi connectivity index (χ3v) is 5.48. The van der Waals surface area contributed by atoms with E-state index in [9.17, 15) is 8.42 Å². The molecule has 20 heavy (non-hydrogen) atoms. The summed E-state index contributed by atoms with van der Waals surface area (Å²) >= 11 is 0. The molecule has 0 aromatic carbocycles. The highest BCUT2D eigenvalue weighted by molar-refractivity contribution is 7.89. The van der Waals surface area contributed by atoms with Gasteiger partial charge in [0.25, 0.3) is 0 Å². The van der Waals surface area contributed by atoms with Crippen molar-refractivity contribution < 1.29 is 8.42 Å². The summed E-state index contributed by atoms with van der Waals surface area (Å²) in [4.78, 5) is 4.22. The molecule has 2 aliphatic carbocycles. The lowest BCUT2D eigenvalue weighted by Gasteiger charge is -2.19. The van der Waals surface area contributed by atoms with Crippen molar-refractivity contribution in [2.75, 3.05) is 11.9 Å².